The Morgan fingerprint density at radius 2 is 1.82 bits per heavy atom. The van der Waals surface area contributed by atoms with Crippen LogP contribution >= 0.6 is 6.60 Å². The average Bonchev–Trinajstić information content (AvgIpc) is 2.11. The molecule has 1 saturated heterocycles. The van der Waals surface area contributed by atoms with Gasteiger partial charge in [-0.25, -0.2) is 0 Å². The van der Waals surface area contributed by atoms with E-state index in [0.29, 0.717) is 0 Å². The summed E-state index contributed by atoms with van der Waals surface area (Å²) in [5.41, 5.74) is 1.97. The number of rotatable bonds is 1. The van der Waals surface area contributed by atoms with E-state index in [1.807, 2.05) is 0 Å². The van der Waals surface area contributed by atoms with Crippen molar-refractivity contribution in [3.63, 3.8) is 0 Å². The summed E-state index contributed by atoms with van der Waals surface area (Å²) in [6, 6.07) is 0. The summed E-state index contributed by atoms with van der Waals surface area (Å²) in [6.45, 7) is 11.3. The van der Waals surface area contributed by atoms with Crippen LogP contribution < -0.4 is 0 Å². The van der Waals surface area contributed by atoms with Crippen LogP contribution in [0.1, 0.15) is 33.6 Å². The molecule has 0 aromatic rings. The van der Waals surface area contributed by atoms with Gasteiger partial charge < -0.3 is 0 Å². The first-order valence-corrected chi connectivity index (χ1v) is 8.32. The first-order chi connectivity index (χ1) is 4.87. The SMILES string of the molecule is CC(C)P1(C)(C)CCCC1C. The van der Waals surface area contributed by atoms with Gasteiger partial charge in [0.1, 0.15) is 0 Å². The van der Waals surface area contributed by atoms with Gasteiger partial charge >= 0.3 is 71.0 Å². The van der Waals surface area contributed by atoms with Crippen LogP contribution in [0.4, 0.5) is 0 Å². The van der Waals surface area contributed by atoms with Crippen LogP contribution in [0.25, 0.3) is 0 Å². The predicted octanol–water partition coefficient (Wildman–Crippen LogP) is 3.39. The summed E-state index contributed by atoms with van der Waals surface area (Å²) in [6.07, 6.45) is 4.53. The molecule has 0 aromatic carbocycles. The molecule has 0 N–H and O–H groups in total. The summed E-state index contributed by atoms with van der Waals surface area (Å²) < 4.78 is 0. The van der Waals surface area contributed by atoms with Crippen molar-refractivity contribution in [2.24, 2.45) is 0 Å². The van der Waals surface area contributed by atoms with Crippen molar-refractivity contribution in [1.82, 2.24) is 0 Å². The van der Waals surface area contributed by atoms with Crippen molar-refractivity contribution in [3.05, 3.63) is 0 Å². The summed E-state index contributed by atoms with van der Waals surface area (Å²) in [5.74, 6) is 0. The Bertz CT molecular complexity index is 158. The fraction of sp³-hybridized carbons (Fsp3) is 1.00. The van der Waals surface area contributed by atoms with Gasteiger partial charge in [0.15, 0.2) is 0 Å². The molecule has 0 aliphatic carbocycles. The first-order valence-electron chi connectivity index (χ1n) is 4.87. The van der Waals surface area contributed by atoms with Crippen LogP contribution in [0.3, 0.4) is 0 Å². The third kappa shape index (κ3) is 1.24. The second-order valence-corrected chi connectivity index (χ2v) is 13.1. The van der Waals surface area contributed by atoms with E-state index in [1.54, 1.807) is 6.16 Å². The van der Waals surface area contributed by atoms with Crippen LogP contribution in [0.15, 0.2) is 0 Å². The van der Waals surface area contributed by atoms with Crippen molar-refractivity contribution in [2.45, 2.75) is 44.9 Å². The molecule has 0 saturated carbocycles. The Morgan fingerprint density at radius 3 is 2.00 bits per heavy atom. The van der Waals surface area contributed by atoms with Crippen LogP contribution in [0.2, 0.25) is 0 Å². The Morgan fingerprint density at radius 1 is 1.27 bits per heavy atom. The summed E-state index contributed by atoms with van der Waals surface area (Å²) in [7, 11) is 0. The van der Waals surface area contributed by atoms with Crippen molar-refractivity contribution in [3.8, 4) is 0 Å². The molecule has 1 aliphatic heterocycles. The van der Waals surface area contributed by atoms with Gasteiger partial charge in [0, 0.05) is 0 Å². The minimum atomic E-state index is -1.23. The fourth-order valence-corrected chi connectivity index (χ4v) is 6.48. The number of hydrogen-bond donors (Lipinski definition) is 0. The van der Waals surface area contributed by atoms with E-state index in [4.69, 9.17) is 0 Å². The van der Waals surface area contributed by atoms with Crippen LogP contribution in [0.5, 0.6) is 0 Å². The zero-order valence-electron chi connectivity index (χ0n) is 8.72. The molecule has 1 fully saturated rings. The molecule has 0 radical (unpaired) electrons. The third-order valence-electron chi connectivity index (χ3n) is 4.63. The normalized spacial score (nSPS) is 38.4. The van der Waals surface area contributed by atoms with Gasteiger partial charge in [-0.1, -0.05) is 0 Å². The zero-order chi connectivity index (χ0) is 8.72. The second kappa shape index (κ2) is 2.46. The standard InChI is InChI=1S/C10H23P/c1-9(2)11(4,5)8-6-7-10(11)3/h9-10H,6-8H2,1-5H3. The minimum absolute atomic E-state index is 0.943. The topological polar surface area (TPSA) is 0 Å². The summed E-state index contributed by atoms with van der Waals surface area (Å²) in [5, 5.41) is 0. The quantitative estimate of drug-likeness (QED) is 0.534. The first kappa shape index (κ1) is 9.52. The Hall–Kier alpha value is 0.430. The maximum absolute atomic E-state index is 2.61. The predicted molar refractivity (Wildman–Crippen MR) is 57.5 cm³/mol. The molecular formula is C10H23P. The van der Waals surface area contributed by atoms with E-state index in [9.17, 15) is 0 Å². The molecule has 1 rings (SSSR count). The van der Waals surface area contributed by atoms with Crippen LogP contribution in [-0.2, 0) is 0 Å². The van der Waals surface area contributed by atoms with Gasteiger partial charge in [-0.2, -0.15) is 0 Å². The van der Waals surface area contributed by atoms with Gasteiger partial charge in [-0.15, -0.1) is 0 Å². The fourth-order valence-electron chi connectivity index (χ4n) is 2.30. The van der Waals surface area contributed by atoms with Crippen molar-refractivity contribution in [2.75, 3.05) is 19.5 Å². The molecule has 1 heterocycles. The molecular weight excluding hydrogens is 151 g/mol. The monoisotopic (exact) mass is 174 g/mol. The molecule has 0 spiro atoms. The Balaban J connectivity index is 2.93. The summed E-state index contributed by atoms with van der Waals surface area (Å²) in [4.78, 5) is 0. The Labute approximate surface area is 71.7 Å². The van der Waals surface area contributed by atoms with E-state index in [1.165, 1.54) is 12.8 Å². The summed E-state index contributed by atoms with van der Waals surface area (Å²) >= 11 is 0. The third-order valence-corrected chi connectivity index (χ3v) is 12.9. The van der Waals surface area contributed by atoms with E-state index < -0.39 is 6.60 Å². The van der Waals surface area contributed by atoms with Gasteiger partial charge in [0.25, 0.3) is 0 Å². The molecule has 0 bridgehead atoms. The second-order valence-electron chi connectivity index (χ2n) is 5.44. The van der Waals surface area contributed by atoms with E-state index >= 15 is 0 Å². The van der Waals surface area contributed by atoms with Gasteiger partial charge in [-0.05, 0) is 0 Å². The molecule has 0 nitrogen and oxygen atoms in total. The van der Waals surface area contributed by atoms with Gasteiger partial charge in [-0.3, -0.25) is 0 Å². The molecule has 0 amide bonds. The zero-order valence-corrected chi connectivity index (χ0v) is 9.62. The van der Waals surface area contributed by atoms with E-state index in [-0.39, 0.29) is 0 Å². The van der Waals surface area contributed by atoms with E-state index in [0.717, 1.165) is 11.3 Å². The van der Waals surface area contributed by atoms with Crippen LogP contribution in [-0.4, -0.2) is 30.8 Å². The van der Waals surface area contributed by atoms with Gasteiger partial charge in [0.2, 0.25) is 0 Å². The van der Waals surface area contributed by atoms with E-state index in [2.05, 4.69) is 34.1 Å². The average molecular weight is 174 g/mol. The maximum atomic E-state index is 2.61. The molecule has 0 aromatic heterocycles. The molecule has 1 aliphatic rings. The Kier molecular flexibility index (Phi) is 2.13. The van der Waals surface area contributed by atoms with Crippen LogP contribution in [0, 0.1) is 0 Å². The molecule has 68 valence electrons. The molecule has 1 atom stereocenters. The van der Waals surface area contributed by atoms with Crippen molar-refractivity contribution >= 4 is 6.60 Å². The van der Waals surface area contributed by atoms with Crippen molar-refractivity contribution < 1.29 is 0 Å². The molecule has 1 unspecified atom stereocenters. The van der Waals surface area contributed by atoms with Gasteiger partial charge in [0.05, 0.1) is 0 Å². The molecule has 1 heteroatoms. The van der Waals surface area contributed by atoms with Crippen molar-refractivity contribution in [1.29, 1.82) is 0 Å². The molecule has 11 heavy (non-hydrogen) atoms. The number of hydrogen-bond acceptors (Lipinski definition) is 0.